The van der Waals surface area contributed by atoms with Crippen LogP contribution >= 0.6 is 11.8 Å². The van der Waals surface area contributed by atoms with Crippen molar-refractivity contribution in [3.8, 4) is 22.3 Å². The number of fused-ring (bicyclic) bond motifs is 8. The molecule has 10 heteroatoms. The van der Waals surface area contributed by atoms with E-state index in [0.717, 1.165) is 140 Å². The molecule has 0 unspecified atom stereocenters. The van der Waals surface area contributed by atoms with Crippen LogP contribution in [0.5, 0.6) is 0 Å². The Morgan fingerprint density at radius 1 is 0.255 bits per heavy atom. The molecule has 0 spiro atoms. The topological polar surface area (TPSA) is 16.2 Å². The summed E-state index contributed by atoms with van der Waals surface area (Å²) < 4.78 is 33.2. The number of anilines is 15. The summed E-state index contributed by atoms with van der Waals surface area (Å²) >= 11 is 1.76. The zero-order chi connectivity index (χ0) is 62.4. The van der Waals surface area contributed by atoms with Crippen LogP contribution in [-0.2, 0) is 0 Å². The summed E-state index contributed by atoms with van der Waals surface area (Å²) in [7, 11) is 0. The minimum absolute atomic E-state index is 0.221. The Morgan fingerprint density at radius 2 is 0.702 bits per heavy atom. The second-order valence-electron chi connectivity index (χ2n) is 24.3. The molecule has 18 rings (SSSR count). The van der Waals surface area contributed by atoms with E-state index in [1.54, 1.807) is 17.8 Å². The van der Waals surface area contributed by atoms with E-state index in [9.17, 15) is 0 Å². The standard InChI is InChI=1S/C84H55B2F2N5S/c87-60-44-47-76(73(88)49-60)93-77-55-81-72(54-71(77)85-69-38-19-21-40-74(69)91(63-33-15-5-16-34-63)78-50-67(51-79(93)83(78)85)89(61-29-11-3-12-30-61)62-31-13-4-14-32-62)86-70-39-20-22-41-75(70)92(64-35-17-6-18-36-64)80-52-68(53-82(94-81)84(80)86)90(65-45-42-58(43-46-65)56-24-7-1-8-25-56)66-37-23-28-59(48-66)57-26-9-2-10-27-57/h1-55H. The first-order chi connectivity index (χ1) is 46.5. The molecule has 14 aromatic rings. The Bertz CT molecular complexity index is 5210. The lowest BCUT2D eigenvalue weighted by molar-refractivity contribution is 0.584. The Kier molecular flexibility index (Phi) is 13.3. The maximum absolute atomic E-state index is 17.6. The van der Waals surface area contributed by atoms with Crippen LogP contribution in [0, 0.1) is 11.6 Å². The smallest absolute Gasteiger partial charge is 0.252 e. The fraction of sp³-hybridized carbons (Fsp3) is 0. The van der Waals surface area contributed by atoms with Crippen molar-refractivity contribution in [2.45, 2.75) is 9.79 Å². The second kappa shape index (κ2) is 22.7. The Morgan fingerprint density at radius 3 is 1.29 bits per heavy atom. The van der Waals surface area contributed by atoms with Crippen LogP contribution in [0.4, 0.5) is 94.1 Å². The van der Waals surface area contributed by atoms with Gasteiger partial charge in [0.25, 0.3) is 6.71 Å². The molecule has 0 bridgehead atoms. The molecule has 4 aliphatic rings. The maximum atomic E-state index is 17.6. The van der Waals surface area contributed by atoms with E-state index < -0.39 is 11.6 Å². The number of hydrogen-bond acceptors (Lipinski definition) is 6. The summed E-state index contributed by atoms with van der Waals surface area (Å²) in [6.07, 6.45) is 0. The number of nitrogens with zero attached hydrogens (tertiary/aromatic N) is 5. The maximum Gasteiger partial charge on any atom is 0.252 e. The van der Waals surface area contributed by atoms with Crippen LogP contribution in [0.15, 0.2) is 343 Å². The van der Waals surface area contributed by atoms with Crippen molar-refractivity contribution in [1.29, 1.82) is 0 Å². The van der Waals surface area contributed by atoms with Gasteiger partial charge in [0.05, 0.1) is 11.4 Å². The van der Waals surface area contributed by atoms with Crippen molar-refractivity contribution in [3.05, 3.63) is 345 Å². The molecule has 0 aliphatic carbocycles. The predicted octanol–water partition coefficient (Wildman–Crippen LogP) is 19.1. The highest BCUT2D eigenvalue weighted by molar-refractivity contribution is 8.00. The average molecular weight is 1230 g/mol. The van der Waals surface area contributed by atoms with Gasteiger partial charge in [0.1, 0.15) is 11.6 Å². The second-order valence-corrected chi connectivity index (χ2v) is 25.3. The van der Waals surface area contributed by atoms with Crippen LogP contribution in [-0.4, -0.2) is 13.4 Å². The van der Waals surface area contributed by atoms with Gasteiger partial charge in [-0.1, -0.05) is 217 Å². The largest absolute Gasteiger partial charge is 0.311 e. The van der Waals surface area contributed by atoms with Crippen molar-refractivity contribution in [2.24, 2.45) is 0 Å². The molecule has 0 radical (unpaired) electrons. The highest BCUT2D eigenvalue weighted by atomic mass is 32.2. The highest BCUT2D eigenvalue weighted by Crippen LogP contribution is 2.52. The fourth-order valence-electron chi connectivity index (χ4n) is 14.9. The lowest BCUT2D eigenvalue weighted by atomic mass is 9.31. The summed E-state index contributed by atoms with van der Waals surface area (Å²) in [5.74, 6) is -1.31. The monoisotopic (exact) mass is 1230 g/mol. The highest BCUT2D eigenvalue weighted by Gasteiger charge is 2.48. The molecular formula is C84H55B2F2N5S. The predicted molar refractivity (Wildman–Crippen MR) is 391 cm³/mol. The summed E-state index contributed by atoms with van der Waals surface area (Å²) in [6.45, 7) is -0.542. The Hall–Kier alpha value is -11.6. The molecular weight excluding hydrogens is 1170 g/mol. The van der Waals surface area contributed by atoms with E-state index in [4.69, 9.17) is 0 Å². The van der Waals surface area contributed by atoms with E-state index in [1.807, 2.05) is 12.1 Å². The molecule has 5 nitrogen and oxygen atoms in total. The molecule has 0 saturated heterocycles. The number of benzene rings is 14. The van der Waals surface area contributed by atoms with Gasteiger partial charge in [-0.25, -0.2) is 8.78 Å². The third kappa shape index (κ3) is 9.15. The molecule has 4 aliphatic heterocycles. The summed E-state index contributed by atoms with van der Waals surface area (Å²) in [6, 6.07) is 117. The van der Waals surface area contributed by atoms with Gasteiger partial charge >= 0.3 is 0 Å². The molecule has 94 heavy (non-hydrogen) atoms. The van der Waals surface area contributed by atoms with Gasteiger partial charge in [-0.2, -0.15) is 0 Å². The first kappa shape index (κ1) is 55.3. The zero-order valence-electron chi connectivity index (χ0n) is 50.8. The van der Waals surface area contributed by atoms with Gasteiger partial charge < -0.3 is 24.5 Å². The van der Waals surface area contributed by atoms with E-state index in [-0.39, 0.29) is 19.1 Å². The molecule has 14 aromatic carbocycles. The number of hydrogen-bond donors (Lipinski definition) is 0. The van der Waals surface area contributed by atoms with Gasteiger partial charge in [0.2, 0.25) is 6.71 Å². The summed E-state index contributed by atoms with van der Waals surface area (Å²) in [5, 5.41) is 0. The average Bonchev–Trinajstić information content (AvgIpc) is 0.691. The van der Waals surface area contributed by atoms with E-state index in [2.05, 4.69) is 328 Å². The molecule has 0 atom stereocenters. The van der Waals surface area contributed by atoms with Crippen LogP contribution in [0.2, 0.25) is 0 Å². The summed E-state index contributed by atoms with van der Waals surface area (Å²) in [5.41, 5.74) is 25.2. The fourth-order valence-corrected chi connectivity index (χ4v) is 16.2. The van der Waals surface area contributed by atoms with Crippen LogP contribution in [0.1, 0.15) is 0 Å². The molecule has 4 heterocycles. The van der Waals surface area contributed by atoms with Gasteiger partial charge in [-0.15, -0.1) is 0 Å². The van der Waals surface area contributed by atoms with Crippen LogP contribution < -0.4 is 57.3 Å². The SMILES string of the molecule is Fc1ccc(N2c3cc4c(cc3B3c5ccccc5N(c5ccccc5)c5cc(N(c6ccccc6)c6ccccc6)cc2c53)B2c3ccccc3N(c3ccccc3)c3cc(N(c5ccc(-c6ccccc6)cc5)c5cccc(-c6ccccc6)c5)cc(c32)S4)c(F)c1. The molecule has 0 saturated carbocycles. The van der Waals surface area contributed by atoms with Crippen molar-refractivity contribution in [3.63, 3.8) is 0 Å². The lowest BCUT2D eigenvalue weighted by Crippen LogP contribution is -2.64. The Balaban J connectivity index is 0.903. The van der Waals surface area contributed by atoms with Crippen molar-refractivity contribution >= 4 is 143 Å². The number of para-hydroxylation sites is 6. The minimum atomic E-state index is -0.664. The Labute approximate surface area is 550 Å². The minimum Gasteiger partial charge on any atom is -0.311 e. The quantitative estimate of drug-likeness (QED) is 0.119. The van der Waals surface area contributed by atoms with E-state index >= 15 is 8.78 Å². The van der Waals surface area contributed by atoms with Gasteiger partial charge in [-0.3, -0.25) is 0 Å². The molecule has 442 valence electrons. The first-order valence-corrected chi connectivity index (χ1v) is 32.7. The van der Waals surface area contributed by atoms with Crippen molar-refractivity contribution in [2.75, 3.05) is 24.5 Å². The van der Waals surface area contributed by atoms with Gasteiger partial charge in [0, 0.05) is 89.8 Å². The zero-order valence-corrected chi connectivity index (χ0v) is 51.6. The van der Waals surface area contributed by atoms with Crippen molar-refractivity contribution in [1.82, 2.24) is 0 Å². The van der Waals surface area contributed by atoms with E-state index in [0.29, 0.717) is 0 Å². The molecule has 0 aromatic heterocycles. The molecule has 0 fully saturated rings. The normalized spacial score (nSPS) is 12.9. The lowest BCUT2D eigenvalue weighted by Gasteiger charge is -2.46. The summed E-state index contributed by atoms with van der Waals surface area (Å²) in [4.78, 5) is 13.7. The van der Waals surface area contributed by atoms with Crippen molar-refractivity contribution < 1.29 is 8.78 Å². The van der Waals surface area contributed by atoms with E-state index in [1.165, 1.54) is 17.0 Å². The molecule has 0 N–H and O–H groups in total. The third-order valence-corrected chi connectivity index (χ3v) is 20.0. The number of halogens is 2. The van der Waals surface area contributed by atoms with Gasteiger partial charge in [-0.05, 0) is 177 Å². The van der Waals surface area contributed by atoms with Crippen LogP contribution in [0.3, 0.4) is 0 Å². The van der Waals surface area contributed by atoms with Gasteiger partial charge in [0.15, 0.2) is 0 Å². The number of rotatable bonds is 11. The van der Waals surface area contributed by atoms with Crippen LogP contribution in [0.25, 0.3) is 22.3 Å². The third-order valence-electron chi connectivity index (χ3n) is 18.9. The molecule has 0 amide bonds. The first-order valence-electron chi connectivity index (χ1n) is 31.8.